The molecule has 1 aliphatic rings. The lowest BCUT2D eigenvalue weighted by atomic mass is 9.93. The van der Waals surface area contributed by atoms with Crippen molar-refractivity contribution in [3.8, 4) is 0 Å². The minimum atomic E-state index is -1.18. The Morgan fingerprint density at radius 1 is 1.24 bits per heavy atom. The molecule has 1 aromatic carbocycles. The molecule has 1 heterocycles. The number of methoxy groups -OCH3 is 1. The first-order valence-electron chi connectivity index (χ1n) is 6.13. The summed E-state index contributed by atoms with van der Waals surface area (Å²) in [4.78, 5) is 36.2. The fraction of sp³-hybridized carbons (Fsp3) is 0.357. The van der Waals surface area contributed by atoms with Crippen molar-refractivity contribution in [2.75, 3.05) is 18.6 Å². The Labute approximate surface area is 119 Å². The van der Waals surface area contributed by atoms with Gasteiger partial charge in [-0.3, -0.25) is 14.4 Å². The van der Waals surface area contributed by atoms with E-state index in [0.29, 0.717) is 0 Å². The highest BCUT2D eigenvalue weighted by atomic mass is 19.1. The molecule has 2 rings (SSSR count). The van der Waals surface area contributed by atoms with E-state index in [-0.39, 0.29) is 6.54 Å². The van der Waals surface area contributed by atoms with E-state index in [1.54, 1.807) is 0 Å². The molecule has 0 aliphatic carbocycles. The number of halogens is 2. The molecule has 0 saturated carbocycles. The van der Waals surface area contributed by atoms with E-state index in [0.717, 1.165) is 17.0 Å². The molecule has 0 atom stereocenters. The van der Waals surface area contributed by atoms with Gasteiger partial charge >= 0.3 is 5.97 Å². The molecule has 1 aromatic rings. The van der Waals surface area contributed by atoms with Crippen LogP contribution in [0.3, 0.4) is 0 Å². The van der Waals surface area contributed by atoms with Crippen molar-refractivity contribution in [3.05, 3.63) is 29.3 Å². The fourth-order valence-corrected chi connectivity index (χ4v) is 2.24. The molecule has 0 N–H and O–H groups in total. The molecule has 0 spiro atoms. The van der Waals surface area contributed by atoms with Gasteiger partial charge in [-0.1, -0.05) is 0 Å². The first kappa shape index (κ1) is 15.1. The Bertz CT molecular complexity index is 655. The summed E-state index contributed by atoms with van der Waals surface area (Å²) in [6.45, 7) is 2.66. The molecule has 1 aliphatic heterocycles. The number of hydrogen-bond acceptors (Lipinski definition) is 4. The number of rotatable bonds is 3. The van der Waals surface area contributed by atoms with Crippen molar-refractivity contribution in [3.63, 3.8) is 0 Å². The van der Waals surface area contributed by atoms with Gasteiger partial charge in [-0.05, 0) is 26.0 Å². The van der Waals surface area contributed by atoms with Gasteiger partial charge in [0.25, 0.3) is 11.7 Å². The highest BCUT2D eigenvalue weighted by Gasteiger charge is 2.44. The third-order valence-corrected chi connectivity index (χ3v) is 3.31. The van der Waals surface area contributed by atoms with Crippen molar-refractivity contribution >= 4 is 23.3 Å². The van der Waals surface area contributed by atoms with E-state index in [2.05, 4.69) is 4.74 Å². The summed E-state index contributed by atoms with van der Waals surface area (Å²) in [5.41, 5.74) is -2.20. The zero-order chi connectivity index (χ0) is 15.9. The number of benzene rings is 1. The van der Waals surface area contributed by atoms with E-state index in [1.165, 1.54) is 21.0 Å². The summed E-state index contributed by atoms with van der Waals surface area (Å²) in [5, 5.41) is 0. The van der Waals surface area contributed by atoms with Gasteiger partial charge in [0.1, 0.15) is 11.6 Å². The maximum Gasteiger partial charge on any atom is 0.313 e. The van der Waals surface area contributed by atoms with Crippen LogP contribution >= 0.6 is 0 Å². The summed E-state index contributed by atoms with van der Waals surface area (Å²) >= 11 is 0. The second-order valence-corrected chi connectivity index (χ2v) is 5.35. The fourth-order valence-electron chi connectivity index (χ4n) is 2.24. The van der Waals surface area contributed by atoms with Crippen LogP contribution in [-0.2, 0) is 14.3 Å². The van der Waals surface area contributed by atoms with Crippen LogP contribution in [0, 0.1) is 17.0 Å². The average Bonchev–Trinajstić information content (AvgIpc) is 2.67. The third-order valence-electron chi connectivity index (χ3n) is 3.31. The first-order chi connectivity index (χ1) is 9.70. The van der Waals surface area contributed by atoms with E-state index >= 15 is 0 Å². The van der Waals surface area contributed by atoms with Gasteiger partial charge in [-0.2, -0.15) is 0 Å². The number of carbonyl (C=O) groups is 3. The largest absolute Gasteiger partial charge is 0.469 e. The normalized spacial score (nSPS) is 14.4. The lowest BCUT2D eigenvalue weighted by molar-refractivity contribution is -0.150. The Kier molecular flexibility index (Phi) is 3.52. The Morgan fingerprint density at radius 3 is 2.38 bits per heavy atom. The number of nitrogens with zero attached hydrogens (tertiary/aromatic N) is 1. The Balaban J connectivity index is 2.50. The molecular formula is C14H13F2NO4. The summed E-state index contributed by atoms with van der Waals surface area (Å²) in [6.07, 6.45) is 0. The number of ether oxygens (including phenoxy) is 1. The summed E-state index contributed by atoms with van der Waals surface area (Å²) in [6, 6.07) is 1.62. The Hall–Kier alpha value is -2.31. The van der Waals surface area contributed by atoms with Crippen molar-refractivity contribution in [2.24, 2.45) is 5.41 Å². The minimum absolute atomic E-state index is 0.294. The molecule has 0 radical (unpaired) electrons. The third kappa shape index (κ3) is 2.28. The van der Waals surface area contributed by atoms with Gasteiger partial charge in [-0.25, -0.2) is 8.78 Å². The quantitative estimate of drug-likeness (QED) is 0.629. The van der Waals surface area contributed by atoms with Crippen LogP contribution < -0.4 is 4.90 Å². The summed E-state index contributed by atoms with van der Waals surface area (Å²) < 4.78 is 32.2. The average molecular weight is 297 g/mol. The van der Waals surface area contributed by atoms with Gasteiger partial charge in [0.2, 0.25) is 0 Å². The van der Waals surface area contributed by atoms with Crippen molar-refractivity contribution in [1.82, 2.24) is 0 Å². The van der Waals surface area contributed by atoms with Crippen LogP contribution in [0.5, 0.6) is 0 Å². The van der Waals surface area contributed by atoms with Gasteiger partial charge < -0.3 is 9.64 Å². The second-order valence-electron chi connectivity index (χ2n) is 5.35. The zero-order valence-electron chi connectivity index (χ0n) is 11.7. The van der Waals surface area contributed by atoms with Gasteiger partial charge in [-0.15, -0.1) is 0 Å². The first-order valence-corrected chi connectivity index (χ1v) is 6.13. The van der Waals surface area contributed by atoms with Crippen LogP contribution in [-0.4, -0.2) is 31.3 Å². The van der Waals surface area contributed by atoms with Crippen molar-refractivity contribution in [2.45, 2.75) is 13.8 Å². The van der Waals surface area contributed by atoms with E-state index in [9.17, 15) is 23.2 Å². The van der Waals surface area contributed by atoms with Crippen molar-refractivity contribution in [1.29, 1.82) is 0 Å². The Morgan fingerprint density at radius 2 is 1.81 bits per heavy atom. The molecule has 5 nitrogen and oxygen atoms in total. The predicted molar refractivity (Wildman–Crippen MR) is 68.8 cm³/mol. The number of amides is 1. The van der Waals surface area contributed by atoms with Crippen molar-refractivity contribution < 1.29 is 27.9 Å². The van der Waals surface area contributed by atoms with Crippen LogP contribution in [0.1, 0.15) is 24.2 Å². The number of Topliss-reactive ketones (excluding diaryl/α,β-unsaturated/α-hetero) is 1. The lowest BCUT2D eigenvalue weighted by Gasteiger charge is -2.27. The monoisotopic (exact) mass is 297 g/mol. The lowest BCUT2D eigenvalue weighted by Crippen LogP contribution is -2.42. The SMILES string of the molecule is COC(=O)C(C)(C)CN1C(=O)C(=O)c2c(F)ccc(F)c21. The number of esters is 1. The number of carbonyl (C=O) groups excluding carboxylic acids is 3. The number of ketones is 1. The van der Waals surface area contributed by atoms with Gasteiger partial charge in [0.15, 0.2) is 0 Å². The maximum absolute atomic E-state index is 13.9. The maximum atomic E-state index is 13.9. The molecule has 112 valence electrons. The molecule has 0 fully saturated rings. The predicted octanol–water partition coefficient (Wildman–Crippen LogP) is 1.69. The standard InChI is InChI=1S/C14H13F2NO4/c1-14(2,13(20)21-3)6-17-10-8(16)5-4-7(15)9(10)11(18)12(17)19/h4-5H,6H2,1-3H3. The molecule has 7 heteroatoms. The summed E-state index contributed by atoms with van der Waals surface area (Å²) in [7, 11) is 1.18. The summed E-state index contributed by atoms with van der Waals surface area (Å²) in [5.74, 6) is -4.68. The number of fused-ring (bicyclic) bond motifs is 1. The molecule has 0 bridgehead atoms. The van der Waals surface area contributed by atoms with Crippen LogP contribution in [0.2, 0.25) is 0 Å². The molecular weight excluding hydrogens is 284 g/mol. The van der Waals surface area contributed by atoms with Crippen LogP contribution in [0.4, 0.5) is 14.5 Å². The minimum Gasteiger partial charge on any atom is -0.469 e. The highest BCUT2D eigenvalue weighted by Crippen LogP contribution is 2.36. The van der Waals surface area contributed by atoms with Gasteiger partial charge in [0, 0.05) is 6.54 Å². The number of hydrogen-bond donors (Lipinski definition) is 0. The highest BCUT2D eigenvalue weighted by molar-refractivity contribution is 6.52. The molecule has 0 aromatic heterocycles. The second kappa shape index (κ2) is 4.91. The van der Waals surface area contributed by atoms with Crippen LogP contribution in [0.25, 0.3) is 0 Å². The molecule has 21 heavy (non-hydrogen) atoms. The van der Waals surface area contributed by atoms with E-state index < -0.39 is 46.0 Å². The zero-order valence-corrected chi connectivity index (χ0v) is 11.7. The molecule has 1 amide bonds. The number of anilines is 1. The molecule has 0 saturated heterocycles. The van der Waals surface area contributed by atoms with E-state index in [4.69, 9.17) is 0 Å². The smallest absolute Gasteiger partial charge is 0.313 e. The topological polar surface area (TPSA) is 63.7 Å². The van der Waals surface area contributed by atoms with E-state index in [1.807, 2.05) is 0 Å². The van der Waals surface area contributed by atoms with Crippen LogP contribution in [0.15, 0.2) is 12.1 Å². The van der Waals surface area contributed by atoms with Gasteiger partial charge in [0.05, 0.1) is 23.8 Å². The molecule has 0 unspecified atom stereocenters.